The molecule has 25 heavy (non-hydrogen) atoms. The molecular weight excluding hydrogens is 344 g/mol. The van der Waals surface area contributed by atoms with Crippen LogP contribution in [-0.2, 0) is 0 Å². The molecule has 0 radical (unpaired) electrons. The maximum absolute atomic E-state index is 12.8. The van der Waals surface area contributed by atoms with Crippen molar-refractivity contribution >= 4 is 22.7 Å². The molecule has 4 aromatic rings. The summed E-state index contributed by atoms with van der Waals surface area (Å²) in [6.45, 7) is 1.68. The number of thioether (sulfide) groups is 1. The number of rotatable bonds is 3. The smallest absolute Gasteiger partial charge is 0.283 e. The minimum atomic E-state index is -0.350. The molecule has 0 saturated carbocycles. The van der Waals surface area contributed by atoms with Gasteiger partial charge in [-0.2, -0.15) is 9.67 Å². The number of aryl methyl sites for hydroxylation is 1. The zero-order valence-electron chi connectivity index (χ0n) is 13.2. The van der Waals surface area contributed by atoms with Gasteiger partial charge in [0.05, 0.1) is 10.9 Å². The molecule has 0 amide bonds. The molecule has 126 valence electrons. The summed E-state index contributed by atoms with van der Waals surface area (Å²) in [6, 6.07) is 2.99. The van der Waals surface area contributed by atoms with Crippen LogP contribution < -0.4 is 11.1 Å². The van der Waals surface area contributed by atoms with Crippen molar-refractivity contribution in [3.63, 3.8) is 0 Å². The minimum absolute atomic E-state index is 0.200. The molecule has 10 nitrogen and oxygen atoms in total. The van der Waals surface area contributed by atoms with Gasteiger partial charge in [0, 0.05) is 24.2 Å². The van der Waals surface area contributed by atoms with Gasteiger partial charge in [-0.25, -0.2) is 19.6 Å². The fourth-order valence-electron chi connectivity index (χ4n) is 2.61. The van der Waals surface area contributed by atoms with Gasteiger partial charge in [-0.15, -0.1) is 5.10 Å². The number of nitrogens with zero attached hydrogens (tertiary/aromatic N) is 6. The molecule has 0 spiro atoms. The summed E-state index contributed by atoms with van der Waals surface area (Å²) in [5.74, 6) is 0.461. The first-order valence-corrected chi connectivity index (χ1v) is 8.44. The van der Waals surface area contributed by atoms with Crippen LogP contribution in [0.3, 0.4) is 0 Å². The monoisotopic (exact) mass is 356 g/mol. The Morgan fingerprint density at radius 1 is 1.20 bits per heavy atom. The van der Waals surface area contributed by atoms with Crippen LogP contribution >= 0.6 is 11.8 Å². The van der Waals surface area contributed by atoms with Crippen LogP contribution in [0.4, 0.5) is 0 Å². The molecule has 11 heteroatoms. The third-order valence-corrected chi connectivity index (χ3v) is 4.25. The van der Waals surface area contributed by atoms with Crippen molar-refractivity contribution in [2.24, 2.45) is 0 Å². The Labute approximate surface area is 143 Å². The van der Waals surface area contributed by atoms with Crippen molar-refractivity contribution in [2.75, 3.05) is 6.26 Å². The Hall–Kier alpha value is -3.21. The lowest BCUT2D eigenvalue weighted by molar-refractivity contribution is 0.793. The van der Waals surface area contributed by atoms with Gasteiger partial charge < -0.3 is 0 Å². The van der Waals surface area contributed by atoms with Gasteiger partial charge >= 0.3 is 0 Å². The first kappa shape index (κ1) is 15.3. The summed E-state index contributed by atoms with van der Waals surface area (Å²) in [7, 11) is 0. The second-order valence-electron chi connectivity index (χ2n) is 5.14. The van der Waals surface area contributed by atoms with E-state index < -0.39 is 0 Å². The fourth-order valence-corrected chi connectivity index (χ4v) is 2.93. The third kappa shape index (κ3) is 2.36. The van der Waals surface area contributed by atoms with E-state index in [1.54, 1.807) is 13.0 Å². The van der Waals surface area contributed by atoms with E-state index in [9.17, 15) is 9.59 Å². The predicted octanol–water partition coefficient (Wildman–Crippen LogP) is 0.408. The summed E-state index contributed by atoms with van der Waals surface area (Å²) in [4.78, 5) is 37.7. The largest absolute Gasteiger partial charge is 0.287 e. The Morgan fingerprint density at radius 2 is 1.96 bits per heavy atom. The normalized spacial score (nSPS) is 11.3. The average molecular weight is 356 g/mol. The molecule has 0 aliphatic rings. The first-order valence-electron chi connectivity index (χ1n) is 7.21. The molecular formula is C14H12N8O2S. The highest BCUT2D eigenvalue weighted by Crippen LogP contribution is 2.15. The van der Waals surface area contributed by atoms with Gasteiger partial charge in [-0.05, 0) is 19.2 Å². The standard InChI is InChI=1S/C14H12N8O2S/c1-7-10-8(20-22(11(10)24)12-15-4-3-5-16-12)6-9(23)21(7)13-17-14(25-2)19-18-13/h3-6,20H,1-2H3,(H,17,18,19). The SMILES string of the molecule is CSc1n[nH]c(-n2c(C)c3c(=O)n(-c4ncccn4)[nH]c3cc2=O)n1. The molecule has 0 aliphatic heterocycles. The van der Waals surface area contributed by atoms with E-state index in [1.807, 2.05) is 6.26 Å². The van der Waals surface area contributed by atoms with E-state index in [4.69, 9.17) is 0 Å². The van der Waals surface area contributed by atoms with Crippen LogP contribution in [0.15, 0.2) is 39.3 Å². The maximum atomic E-state index is 12.8. The van der Waals surface area contributed by atoms with Crippen molar-refractivity contribution in [3.8, 4) is 11.9 Å². The van der Waals surface area contributed by atoms with Crippen LogP contribution in [0.25, 0.3) is 22.8 Å². The first-order chi connectivity index (χ1) is 12.1. The Bertz CT molecular complexity index is 1190. The highest BCUT2D eigenvalue weighted by atomic mass is 32.2. The van der Waals surface area contributed by atoms with E-state index in [2.05, 4.69) is 30.2 Å². The second kappa shape index (κ2) is 5.70. The van der Waals surface area contributed by atoms with Gasteiger partial charge in [0.15, 0.2) is 0 Å². The Kier molecular flexibility index (Phi) is 3.50. The van der Waals surface area contributed by atoms with Crippen molar-refractivity contribution in [3.05, 3.63) is 50.9 Å². The topological polar surface area (TPSA) is 127 Å². The number of fused-ring (bicyclic) bond motifs is 1. The summed E-state index contributed by atoms with van der Waals surface area (Å²) >= 11 is 1.35. The second-order valence-corrected chi connectivity index (χ2v) is 5.91. The molecule has 0 saturated heterocycles. The van der Waals surface area contributed by atoms with Crippen LogP contribution in [0.5, 0.6) is 0 Å². The molecule has 0 unspecified atom stereocenters. The van der Waals surface area contributed by atoms with Crippen LogP contribution in [0.2, 0.25) is 0 Å². The van der Waals surface area contributed by atoms with Gasteiger partial charge in [-0.1, -0.05) is 11.8 Å². The molecule has 2 N–H and O–H groups in total. The number of aromatic nitrogens is 8. The zero-order valence-corrected chi connectivity index (χ0v) is 14.0. The molecule has 4 heterocycles. The van der Waals surface area contributed by atoms with Crippen molar-refractivity contribution in [2.45, 2.75) is 12.1 Å². The third-order valence-electron chi connectivity index (χ3n) is 3.70. The van der Waals surface area contributed by atoms with Crippen molar-refractivity contribution in [1.29, 1.82) is 0 Å². The summed E-state index contributed by atoms with van der Waals surface area (Å²) < 4.78 is 2.52. The van der Waals surface area contributed by atoms with Crippen LogP contribution in [-0.4, -0.2) is 45.8 Å². The molecule has 0 fully saturated rings. The van der Waals surface area contributed by atoms with E-state index in [0.717, 1.165) is 0 Å². The summed E-state index contributed by atoms with van der Waals surface area (Å²) in [6.07, 6.45) is 4.89. The fraction of sp³-hybridized carbons (Fsp3) is 0.143. The quantitative estimate of drug-likeness (QED) is 0.509. The molecule has 4 rings (SSSR count). The molecule has 0 aromatic carbocycles. The van der Waals surface area contributed by atoms with E-state index in [0.29, 0.717) is 21.8 Å². The van der Waals surface area contributed by atoms with Crippen molar-refractivity contribution < 1.29 is 0 Å². The number of hydrogen-bond acceptors (Lipinski definition) is 7. The van der Waals surface area contributed by atoms with Crippen LogP contribution in [0, 0.1) is 6.92 Å². The number of hydrogen-bond donors (Lipinski definition) is 2. The minimum Gasteiger partial charge on any atom is -0.287 e. The summed E-state index contributed by atoms with van der Waals surface area (Å²) in [5.41, 5.74) is 0.163. The van der Waals surface area contributed by atoms with Gasteiger partial charge in [-0.3, -0.25) is 14.7 Å². The predicted molar refractivity (Wildman–Crippen MR) is 91.5 cm³/mol. The van der Waals surface area contributed by atoms with Gasteiger partial charge in [0.25, 0.3) is 17.1 Å². The number of nitrogens with one attached hydrogen (secondary N) is 2. The molecule has 0 bridgehead atoms. The number of H-pyrrole nitrogens is 2. The Balaban J connectivity index is 2.01. The Morgan fingerprint density at radius 3 is 2.64 bits per heavy atom. The molecule has 4 aromatic heterocycles. The lowest BCUT2D eigenvalue weighted by Crippen LogP contribution is -2.23. The van der Waals surface area contributed by atoms with Gasteiger partial charge in [0.2, 0.25) is 11.1 Å². The summed E-state index contributed by atoms with van der Waals surface area (Å²) in [5, 5.41) is 10.5. The lowest BCUT2D eigenvalue weighted by Gasteiger charge is -2.05. The van der Waals surface area contributed by atoms with E-state index in [-0.39, 0.29) is 23.0 Å². The highest BCUT2D eigenvalue weighted by molar-refractivity contribution is 7.98. The molecule has 0 atom stereocenters. The van der Waals surface area contributed by atoms with E-state index in [1.165, 1.54) is 39.5 Å². The maximum Gasteiger partial charge on any atom is 0.283 e. The number of pyridine rings is 1. The lowest BCUT2D eigenvalue weighted by atomic mass is 10.2. The average Bonchev–Trinajstić information content (AvgIpc) is 3.20. The zero-order chi connectivity index (χ0) is 17.6. The number of aromatic amines is 2. The molecule has 0 aliphatic carbocycles. The van der Waals surface area contributed by atoms with E-state index >= 15 is 0 Å². The van der Waals surface area contributed by atoms with Gasteiger partial charge in [0.1, 0.15) is 0 Å². The highest BCUT2D eigenvalue weighted by Gasteiger charge is 2.18. The van der Waals surface area contributed by atoms with Crippen molar-refractivity contribution in [1.82, 2.24) is 39.5 Å². The van der Waals surface area contributed by atoms with Crippen LogP contribution in [0.1, 0.15) is 5.69 Å².